The third kappa shape index (κ3) is 4.33. The van der Waals surface area contributed by atoms with Crippen molar-refractivity contribution in [3.63, 3.8) is 0 Å². The molecule has 2 aliphatic heterocycles. The van der Waals surface area contributed by atoms with Crippen LogP contribution in [-0.2, 0) is 4.74 Å². The number of piperidine rings is 1. The lowest BCUT2D eigenvalue weighted by molar-refractivity contribution is 0.0506. The first-order valence-electron chi connectivity index (χ1n) is 13.6. The van der Waals surface area contributed by atoms with E-state index < -0.39 is 8.07 Å². The van der Waals surface area contributed by atoms with Gasteiger partial charge in [0.05, 0.1) is 8.07 Å². The van der Waals surface area contributed by atoms with Crippen LogP contribution >= 0.6 is 0 Å². The first-order chi connectivity index (χ1) is 17.8. The lowest BCUT2D eigenvalue weighted by Gasteiger charge is -2.37. The highest BCUT2D eigenvalue weighted by molar-refractivity contribution is 6.88. The molecule has 3 aromatic rings. The molecule has 1 amide bonds. The minimum Gasteiger partial charge on any atom is -0.448 e. The molecule has 2 atom stereocenters. The maximum atomic E-state index is 13.4. The van der Waals surface area contributed by atoms with E-state index >= 15 is 0 Å². The second kappa shape index (κ2) is 9.28. The van der Waals surface area contributed by atoms with Crippen molar-refractivity contribution in [2.24, 2.45) is 5.92 Å². The molecule has 37 heavy (non-hydrogen) atoms. The molecule has 0 spiro atoms. The van der Waals surface area contributed by atoms with Gasteiger partial charge in [0, 0.05) is 29.5 Å². The first-order valence-corrected chi connectivity index (χ1v) is 17.1. The number of hydrogen-bond acceptors (Lipinski definition) is 3. The van der Waals surface area contributed by atoms with Gasteiger partial charge in [-0.3, -0.25) is 4.79 Å². The van der Waals surface area contributed by atoms with Gasteiger partial charge in [0.1, 0.15) is 6.61 Å². The van der Waals surface area contributed by atoms with Crippen molar-refractivity contribution in [3.8, 4) is 11.1 Å². The fraction of sp³-hybridized carbons (Fsp3) is 0.375. The summed E-state index contributed by atoms with van der Waals surface area (Å²) in [5.74, 6) is 0.270. The second-order valence-electron chi connectivity index (χ2n) is 12.0. The van der Waals surface area contributed by atoms with Crippen molar-refractivity contribution in [2.45, 2.75) is 63.3 Å². The first kappa shape index (κ1) is 24.2. The zero-order valence-corrected chi connectivity index (χ0v) is 22.9. The molecule has 0 N–H and O–H groups in total. The van der Waals surface area contributed by atoms with E-state index in [-0.39, 0.29) is 35.8 Å². The maximum absolute atomic E-state index is 13.4. The largest absolute Gasteiger partial charge is 0.448 e. The van der Waals surface area contributed by atoms with E-state index in [1.54, 1.807) is 0 Å². The standard InChI is InChI=1S/C32H35NO3Si/c1-37(2,3)25-16-12-21(13-17-25)31(34)22-18-23-14-15-24(19-22)33(23)32(35)36-20-30-28-10-6-4-8-26(28)27-9-5-7-11-29(27)30/h4-13,16-17,22-24,30H,14-15,18-20H2,1-3H3. The highest BCUT2D eigenvalue weighted by Crippen LogP contribution is 2.45. The van der Waals surface area contributed by atoms with Crippen LogP contribution in [0.25, 0.3) is 11.1 Å². The molecule has 0 radical (unpaired) electrons. The molecule has 1 aliphatic carbocycles. The Kier molecular flexibility index (Phi) is 6.07. The molecule has 190 valence electrons. The summed E-state index contributed by atoms with van der Waals surface area (Å²) in [5, 5.41) is 1.37. The molecule has 2 saturated heterocycles. The van der Waals surface area contributed by atoms with Crippen LogP contribution < -0.4 is 5.19 Å². The number of carbonyl (C=O) groups excluding carboxylic acids is 2. The van der Waals surface area contributed by atoms with Crippen molar-refractivity contribution in [1.82, 2.24) is 4.90 Å². The van der Waals surface area contributed by atoms with Crippen LogP contribution in [0, 0.1) is 5.92 Å². The zero-order chi connectivity index (χ0) is 25.7. The molecule has 3 aromatic carbocycles. The lowest BCUT2D eigenvalue weighted by atomic mass is 9.85. The van der Waals surface area contributed by atoms with Gasteiger partial charge >= 0.3 is 6.09 Å². The number of carbonyl (C=O) groups is 2. The van der Waals surface area contributed by atoms with E-state index in [0.717, 1.165) is 31.2 Å². The van der Waals surface area contributed by atoms with E-state index in [2.05, 4.69) is 80.3 Å². The Balaban J connectivity index is 1.12. The molecule has 2 bridgehead atoms. The van der Waals surface area contributed by atoms with E-state index in [1.165, 1.54) is 27.4 Å². The predicted molar refractivity (Wildman–Crippen MR) is 150 cm³/mol. The van der Waals surface area contributed by atoms with Gasteiger partial charge in [0.2, 0.25) is 0 Å². The average Bonchev–Trinajstić information content (AvgIpc) is 3.37. The van der Waals surface area contributed by atoms with Gasteiger partial charge in [-0.15, -0.1) is 0 Å². The molecule has 2 fully saturated rings. The van der Waals surface area contributed by atoms with E-state index in [4.69, 9.17) is 4.74 Å². The number of ether oxygens (including phenoxy) is 1. The van der Waals surface area contributed by atoms with E-state index in [1.807, 2.05) is 17.0 Å². The van der Waals surface area contributed by atoms with Gasteiger partial charge in [0.15, 0.2) is 5.78 Å². The summed E-state index contributed by atoms with van der Waals surface area (Å²) < 4.78 is 5.99. The molecule has 4 nitrogen and oxygen atoms in total. The minimum atomic E-state index is -1.39. The normalized spacial score (nSPS) is 22.5. The Labute approximate surface area is 220 Å². The molecule has 2 unspecified atom stereocenters. The van der Waals surface area contributed by atoms with Crippen molar-refractivity contribution >= 4 is 25.1 Å². The maximum Gasteiger partial charge on any atom is 0.410 e. The van der Waals surface area contributed by atoms with Gasteiger partial charge in [-0.2, -0.15) is 0 Å². The number of benzene rings is 3. The van der Waals surface area contributed by atoms with Crippen molar-refractivity contribution in [2.75, 3.05) is 6.61 Å². The van der Waals surface area contributed by atoms with E-state index in [0.29, 0.717) is 6.61 Å². The molecular weight excluding hydrogens is 474 g/mol. The monoisotopic (exact) mass is 509 g/mol. The molecule has 5 heteroatoms. The highest BCUT2D eigenvalue weighted by Gasteiger charge is 2.46. The second-order valence-corrected chi connectivity index (χ2v) is 17.0. The Morgan fingerprint density at radius 1 is 0.811 bits per heavy atom. The van der Waals surface area contributed by atoms with Crippen molar-refractivity contribution in [1.29, 1.82) is 0 Å². The van der Waals surface area contributed by atoms with Crippen LogP contribution in [0.1, 0.15) is 53.1 Å². The van der Waals surface area contributed by atoms with Gasteiger partial charge in [-0.1, -0.05) is 97.6 Å². The summed E-state index contributed by atoms with van der Waals surface area (Å²) in [7, 11) is -1.39. The number of amides is 1. The summed E-state index contributed by atoms with van der Waals surface area (Å²) in [6.45, 7) is 7.30. The summed E-state index contributed by atoms with van der Waals surface area (Å²) in [5.41, 5.74) is 5.72. The number of hydrogen-bond donors (Lipinski definition) is 0. The summed E-state index contributed by atoms with van der Waals surface area (Å²) >= 11 is 0. The Morgan fingerprint density at radius 2 is 1.35 bits per heavy atom. The van der Waals surface area contributed by atoms with Crippen LogP contribution in [0.4, 0.5) is 4.79 Å². The van der Waals surface area contributed by atoms with Crippen LogP contribution in [0.3, 0.4) is 0 Å². The van der Waals surface area contributed by atoms with Gasteiger partial charge in [0.25, 0.3) is 0 Å². The third-order valence-corrected chi connectivity index (χ3v) is 10.8. The third-order valence-electron chi connectivity index (χ3n) is 8.69. The Morgan fingerprint density at radius 3 is 1.89 bits per heavy atom. The van der Waals surface area contributed by atoms with Crippen LogP contribution in [0.15, 0.2) is 72.8 Å². The van der Waals surface area contributed by atoms with E-state index in [9.17, 15) is 9.59 Å². The smallest absolute Gasteiger partial charge is 0.410 e. The summed E-state index contributed by atoms with van der Waals surface area (Å²) in [6, 6.07) is 25.3. The van der Waals surface area contributed by atoms with Crippen LogP contribution in [0.5, 0.6) is 0 Å². The topological polar surface area (TPSA) is 46.6 Å². The zero-order valence-electron chi connectivity index (χ0n) is 21.9. The Hall–Kier alpha value is -3.18. The average molecular weight is 510 g/mol. The highest BCUT2D eigenvalue weighted by atomic mass is 28.3. The summed E-state index contributed by atoms with van der Waals surface area (Å²) in [6.07, 6.45) is 3.14. The lowest BCUT2D eigenvalue weighted by Crippen LogP contribution is -2.48. The molecule has 3 aliphatic rings. The fourth-order valence-corrected chi connectivity index (χ4v) is 7.89. The van der Waals surface area contributed by atoms with Gasteiger partial charge in [-0.05, 0) is 47.9 Å². The van der Waals surface area contributed by atoms with Gasteiger partial charge in [-0.25, -0.2) is 4.79 Å². The predicted octanol–water partition coefficient (Wildman–Crippen LogP) is 6.61. The SMILES string of the molecule is C[Si](C)(C)c1ccc(C(=O)C2CC3CCC(C2)N3C(=O)OCC2c3ccccc3-c3ccccc32)cc1. The Bertz CT molecular complexity index is 1280. The van der Waals surface area contributed by atoms with Crippen LogP contribution in [0.2, 0.25) is 19.6 Å². The number of ketones is 1. The molecule has 0 saturated carbocycles. The van der Waals surface area contributed by atoms with Crippen LogP contribution in [-0.4, -0.2) is 43.5 Å². The fourth-order valence-electron chi connectivity index (χ4n) is 6.73. The molecular formula is C32H35NO3Si. The molecule has 2 heterocycles. The van der Waals surface area contributed by atoms with Gasteiger partial charge < -0.3 is 9.64 Å². The number of rotatable bonds is 5. The minimum absolute atomic E-state index is 0.0205. The molecule has 6 rings (SSSR count). The number of Topliss-reactive ketones (excluding diaryl/α,β-unsaturated/α-hetero) is 1. The number of nitrogens with zero attached hydrogens (tertiary/aromatic N) is 1. The molecule has 0 aromatic heterocycles. The van der Waals surface area contributed by atoms with Crippen molar-refractivity contribution < 1.29 is 14.3 Å². The number of fused-ring (bicyclic) bond motifs is 5. The quantitative estimate of drug-likeness (QED) is 0.287. The summed E-state index contributed by atoms with van der Waals surface area (Å²) in [4.78, 5) is 28.7. The van der Waals surface area contributed by atoms with Crippen molar-refractivity contribution in [3.05, 3.63) is 89.5 Å².